The van der Waals surface area contributed by atoms with Crippen LogP contribution in [0.4, 0.5) is 0 Å². The molecule has 280 valence electrons. The molecule has 0 fully saturated rings. The van der Waals surface area contributed by atoms with Gasteiger partial charge in [0.05, 0.1) is 41.5 Å². The lowest BCUT2D eigenvalue weighted by Gasteiger charge is -2.25. The van der Waals surface area contributed by atoms with Crippen LogP contribution in [0.5, 0.6) is 17.2 Å². The van der Waals surface area contributed by atoms with E-state index in [1.807, 2.05) is 36.4 Å². The monoisotopic (exact) mass is 764 g/mol. The van der Waals surface area contributed by atoms with Gasteiger partial charge in [-0.2, -0.15) is 5.26 Å². The number of aliphatic hydroxyl groups is 3. The summed E-state index contributed by atoms with van der Waals surface area (Å²) < 4.78 is 18.7. The zero-order chi connectivity index (χ0) is 38.0. The van der Waals surface area contributed by atoms with Crippen molar-refractivity contribution in [2.45, 2.75) is 57.1 Å². The topological polar surface area (TPSA) is 186 Å². The molecule has 12 nitrogen and oxygen atoms in total. The minimum absolute atomic E-state index is 0.0139. The van der Waals surface area contributed by atoms with Gasteiger partial charge < -0.3 is 40.0 Å². The van der Waals surface area contributed by atoms with Gasteiger partial charge in [-0.3, -0.25) is 15.1 Å². The number of carboxylic acid groups (broad SMARTS) is 1. The number of nitriles is 1. The fourth-order valence-electron chi connectivity index (χ4n) is 5.90. The molecule has 0 spiro atoms. The largest absolute Gasteiger partial charge is 0.492 e. The molecule has 6 N–H and O–H groups in total. The molecular formula is C39H42Cl2N4O8. The van der Waals surface area contributed by atoms with Gasteiger partial charge in [-0.05, 0) is 67.6 Å². The fourth-order valence-corrected chi connectivity index (χ4v) is 6.42. The predicted octanol–water partition coefficient (Wildman–Crippen LogP) is 5.21. The summed E-state index contributed by atoms with van der Waals surface area (Å²) in [6.45, 7) is 1.86. The third-order valence-corrected chi connectivity index (χ3v) is 9.66. The van der Waals surface area contributed by atoms with E-state index in [0.717, 1.165) is 28.7 Å². The van der Waals surface area contributed by atoms with E-state index >= 15 is 0 Å². The van der Waals surface area contributed by atoms with Crippen LogP contribution < -0.4 is 24.8 Å². The Hall–Kier alpha value is -4.45. The SMILES string of the molecule is C[C@](CO)(NCc1cc(Cl)c(OC2CCc3c(-c4cccc(OCCCNC[C@H](O)CO)c4Cl)cccc32)cc1OCc1cncc(C#N)c1)C(=O)O. The van der Waals surface area contributed by atoms with Crippen molar-refractivity contribution in [2.75, 3.05) is 32.9 Å². The first kappa shape index (κ1) is 39.8. The Bertz CT molecular complexity index is 1940. The highest BCUT2D eigenvalue weighted by atomic mass is 35.5. The van der Waals surface area contributed by atoms with Crippen molar-refractivity contribution in [2.24, 2.45) is 0 Å². The number of aliphatic carboxylic acids is 1. The number of aliphatic hydroxyl groups excluding tert-OH is 3. The van der Waals surface area contributed by atoms with Gasteiger partial charge in [0.2, 0.25) is 0 Å². The standard InChI is InChI=1S/C39H42Cl2N4O8/c1-39(23-47,38(49)50)45-19-26-14-32(40)36(15-35(26)52-22-25-13-24(16-42)17-44-18-25)53-33-10-9-29-28(5-2-6-30(29)33)31-7-3-8-34(37(31)41)51-12-4-11-43-20-27(48)21-46/h2-3,5-8,13-15,17-18,27,33,43,45-48H,4,9-12,19-23H2,1H3,(H,49,50)/t27-,33?,39+/m0/s1. The zero-order valence-electron chi connectivity index (χ0n) is 29.1. The number of hydrogen-bond donors (Lipinski definition) is 6. The van der Waals surface area contributed by atoms with Gasteiger partial charge in [-0.15, -0.1) is 0 Å². The third kappa shape index (κ3) is 9.96. The molecule has 0 saturated heterocycles. The van der Waals surface area contributed by atoms with Gasteiger partial charge in [-0.25, -0.2) is 0 Å². The first-order chi connectivity index (χ1) is 25.6. The predicted molar refractivity (Wildman–Crippen MR) is 199 cm³/mol. The maximum Gasteiger partial charge on any atom is 0.326 e. The normalized spacial score (nSPS) is 15.2. The van der Waals surface area contributed by atoms with Crippen molar-refractivity contribution in [3.63, 3.8) is 0 Å². The Morgan fingerprint density at radius 2 is 1.87 bits per heavy atom. The van der Waals surface area contributed by atoms with E-state index in [9.17, 15) is 25.4 Å². The molecule has 4 aromatic rings. The smallest absolute Gasteiger partial charge is 0.326 e. The fraction of sp³-hybridized carbons (Fsp3) is 0.359. The van der Waals surface area contributed by atoms with Crippen molar-refractivity contribution >= 4 is 29.2 Å². The second kappa shape index (κ2) is 18.5. The maximum atomic E-state index is 11.8. The van der Waals surface area contributed by atoms with E-state index in [1.54, 1.807) is 24.4 Å². The molecule has 0 bridgehead atoms. The number of ether oxygens (including phenoxy) is 3. The highest BCUT2D eigenvalue weighted by Crippen LogP contribution is 2.45. The molecule has 1 aliphatic rings. The Morgan fingerprint density at radius 3 is 2.62 bits per heavy atom. The molecule has 5 rings (SSSR count). The van der Waals surface area contributed by atoms with Crippen LogP contribution in [0.15, 0.2) is 67.0 Å². The van der Waals surface area contributed by atoms with Crippen molar-refractivity contribution < 1.29 is 39.4 Å². The number of halogens is 2. The number of nitrogens with zero attached hydrogens (tertiary/aromatic N) is 2. The lowest BCUT2D eigenvalue weighted by molar-refractivity contribution is -0.145. The van der Waals surface area contributed by atoms with Crippen LogP contribution in [0.25, 0.3) is 11.1 Å². The van der Waals surface area contributed by atoms with Crippen molar-refractivity contribution in [1.82, 2.24) is 15.6 Å². The van der Waals surface area contributed by atoms with Gasteiger partial charge in [0.1, 0.15) is 41.6 Å². The van der Waals surface area contributed by atoms with Gasteiger partial charge in [0, 0.05) is 48.2 Å². The van der Waals surface area contributed by atoms with E-state index in [1.165, 1.54) is 13.1 Å². The number of hydrogen-bond acceptors (Lipinski definition) is 11. The average Bonchev–Trinajstić information content (AvgIpc) is 3.58. The second-order valence-electron chi connectivity index (χ2n) is 12.9. The van der Waals surface area contributed by atoms with Crippen LogP contribution in [-0.4, -0.2) is 75.9 Å². The molecular weight excluding hydrogens is 723 g/mol. The quantitative estimate of drug-likeness (QED) is 0.0686. The van der Waals surface area contributed by atoms with Crippen LogP contribution in [-0.2, 0) is 24.4 Å². The lowest BCUT2D eigenvalue weighted by atomic mass is 9.96. The summed E-state index contributed by atoms with van der Waals surface area (Å²) in [7, 11) is 0. The Labute approximate surface area is 317 Å². The highest BCUT2D eigenvalue weighted by molar-refractivity contribution is 6.35. The summed E-state index contributed by atoms with van der Waals surface area (Å²) in [6, 6.07) is 18.7. The van der Waals surface area contributed by atoms with Crippen LogP contribution in [0.2, 0.25) is 10.0 Å². The molecule has 0 aliphatic heterocycles. The maximum absolute atomic E-state index is 11.8. The van der Waals surface area contributed by atoms with Crippen LogP contribution >= 0.6 is 23.2 Å². The first-order valence-electron chi connectivity index (χ1n) is 17.1. The molecule has 3 aromatic carbocycles. The Morgan fingerprint density at radius 1 is 1.08 bits per heavy atom. The zero-order valence-corrected chi connectivity index (χ0v) is 30.7. The second-order valence-corrected chi connectivity index (χ2v) is 13.7. The van der Waals surface area contributed by atoms with Crippen LogP contribution in [0.3, 0.4) is 0 Å². The van der Waals surface area contributed by atoms with Crippen molar-refractivity contribution in [1.29, 1.82) is 5.26 Å². The summed E-state index contributed by atoms with van der Waals surface area (Å²) in [5, 5.41) is 53.9. The summed E-state index contributed by atoms with van der Waals surface area (Å²) in [4.78, 5) is 15.9. The third-order valence-electron chi connectivity index (χ3n) is 8.98. The number of pyridine rings is 1. The van der Waals surface area contributed by atoms with Gasteiger partial charge in [0.25, 0.3) is 0 Å². The molecule has 53 heavy (non-hydrogen) atoms. The van der Waals surface area contributed by atoms with Crippen molar-refractivity contribution in [3.05, 3.63) is 105 Å². The van der Waals surface area contributed by atoms with Gasteiger partial charge in [-0.1, -0.05) is 53.5 Å². The minimum atomic E-state index is -1.60. The molecule has 1 unspecified atom stereocenters. The van der Waals surface area contributed by atoms with Crippen molar-refractivity contribution in [3.8, 4) is 34.4 Å². The number of benzene rings is 3. The summed E-state index contributed by atoms with van der Waals surface area (Å²) in [6.07, 6.45) is 3.99. The average molecular weight is 766 g/mol. The molecule has 1 aromatic heterocycles. The number of rotatable bonds is 19. The summed E-state index contributed by atoms with van der Waals surface area (Å²) >= 11 is 13.7. The van der Waals surface area contributed by atoms with E-state index in [2.05, 4.69) is 21.7 Å². The summed E-state index contributed by atoms with van der Waals surface area (Å²) in [5.41, 5.74) is 3.87. The lowest BCUT2D eigenvalue weighted by Crippen LogP contribution is -2.52. The van der Waals surface area contributed by atoms with E-state index in [4.69, 9.17) is 42.5 Å². The number of fused-ring (bicyclic) bond motifs is 1. The highest BCUT2D eigenvalue weighted by Gasteiger charge is 2.33. The Balaban J connectivity index is 1.35. The number of carbonyl (C=O) groups is 1. The molecule has 0 saturated carbocycles. The first-order valence-corrected chi connectivity index (χ1v) is 17.9. The van der Waals surface area contributed by atoms with Crippen LogP contribution in [0.1, 0.15) is 53.7 Å². The molecule has 14 heteroatoms. The van der Waals surface area contributed by atoms with E-state index < -0.39 is 24.2 Å². The number of aromatic nitrogens is 1. The van der Waals surface area contributed by atoms with Gasteiger partial charge in [0.15, 0.2) is 0 Å². The molecule has 0 amide bonds. The molecule has 3 atom stereocenters. The molecule has 0 radical (unpaired) electrons. The van der Waals surface area contributed by atoms with Gasteiger partial charge >= 0.3 is 5.97 Å². The summed E-state index contributed by atoms with van der Waals surface area (Å²) in [5.74, 6) is 0.0944. The van der Waals surface area contributed by atoms with E-state index in [0.29, 0.717) is 76.5 Å². The minimum Gasteiger partial charge on any atom is -0.492 e. The Kier molecular flexibility index (Phi) is 13.9. The molecule has 1 aliphatic carbocycles. The van der Waals surface area contributed by atoms with Crippen LogP contribution in [0, 0.1) is 11.3 Å². The van der Waals surface area contributed by atoms with E-state index in [-0.39, 0.29) is 25.9 Å². The number of carboxylic acids is 1. The number of nitrogens with one attached hydrogen (secondary N) is 2. The molecule has 1 heterocycles.